The lowest BCUT2D eigenvalue weighted by Gasteiger charge is -2.13. The molecule has 1 aromatic heterocycles. The molecule has 0 bridgehead atoms. The first kappa shape index (κ1) is 13.7. The molecule has 1 N–H and O–H groups in total. The van der Waals surface area contributed by atoms with E-state index in [1.54, 1.807) is 18.5 Å². The Labute approximate surface area is 118 Å². The topological polar surface area (TPSA) is 50.2 Å². The van der Waals surface area contributed by atoms with Gasteiger partial charge in [0.2, 0.25) is 0 Å². The second-order valence-electron chi connectivity index (χ2n) is 4.16. The van der Waals surface area contributed by atoms with E-state index in [0.717, 1.165) is 10.0 Å². The molecule has 98 valence electrons. The maximum Gasteiger partial charge on any atom is 0.311 e. The largest absolute Gasteiger partial charge is 0.481 e. The van der Waals surface area contributed by atoms with Gasteiger partial charge in [-0.2, -0.15) is 0 Å². The highest BCUT2D eigenvalue weighted by molar-refractivity contribution is 9.10. The van der Waals surface area contributed by atoms with Crippen LogP contribution in [0.4, 0.5) is 4.39 Å². The van der Waals surface area contributed by atoms with E-state index in [2.05, 4.69) is 20.9 Å². The molecular weight excluding hydrogens is 313 g/mol. The van der Waals surface area contributed by atoms with Gasteiger partial charge >= 0.3 is 5.97 Å². The number of rotatable bonds is 4. The van der Waals surface area contributed by atoms with Gasteiger partial charge in [-0.15, -0.1) is 0 Å². The fourth-order valence-corrected chi connectivity index (χ4v) is 2.29. The van der Waals surface area contributed by atoms with E-state index in [0.29, 0.717) is 5.56 Å². The van der Waals surface area contributed by atoms with Gasteiger partial charge in [0.25, 0.3) is 0 Å². The van der Waals surface area contributed by atoms with Crippen molar-refractivity contribution in [1.82, 2.24) is 4.98 Å². The lowest BCUT2D eigenvalue weighted by atomic mass is 9.93. The summed E-state index contributed by atoms with van der Waals surface area (Å²) in [6, 6.07) is 7.49. The number of aromatic nitrogens is 1. The van der Waals surface area contributed by atoms with Crippen molar-refractivity contribution in [2.24, 2.45) is 0 Å². The molecule has 0 saturated carbocycles. The minimum absolute atomic E-state index is 0.269. The molecule has 1 atom stereocenters. The van der Waals surface area contributed by atoms with E-state index in [4.69, 9.17) is 0 Å². The van der Waals surface area contributed by atoms with Gasteiger partial charge in [0, 0.05) is 16.9 Å². The molecule has 2 aromatic rings. The second-order valence-corrected chi connectivity index (χ2v) is 5.08. The molecule has 0 fully saturated rings. The van der Waals surface area contributed by atoms with Crippen molar-refractivity contribution in [3.63, 3.8) is 0 Å². The first-order chi connectivity index (χ1) is 9.06. The van der Waals surface area contributed by atoms with Gasteiger partial charge in [0.15, 0.2) is 0 Å². The van der Waals surface area contributed by atoms with Crippen LogP contribution in [-0.4, -0.2) is 16.1 Å². The third-order valence-electron chi connectivity index (χ3n) is 2.75. The monoisotopic (exact) mass is 323 g/mol. The van der Waals surface area contributed by atoms with Crippen molar-refractivity contribution in [2.45, 2.75) is 12.3 Å². The van der Waals surface area contributed by atoms with Crippen LogP contribution in [0.5, 0.6) is 0 Å². The standard InChI is InChI=1S/C14H11BrFNO2/c15-11-4-9(7-17-8-11)5-13(14(18)19)10-2-1-3-12(16)6-10/h1-4,6-8,13H,5H2,(H,18,19). The zero-order valence-electron chi connectivity index (χ0n) is 9.88. The van der Waals surface area contributed by atoms with E-state index < -0.39 is 17.7 Å². The van der Waals surface area contributed by atoms with Gasteiger partial charge in [-0.25, -0.2) is 4.39 Å². The maximum atomic E-state index is 13.2. The summed E-state index contributed by atoms with van der Waals surface area (Å²) >= 11 is 3.29. The molecule has 0 aliphatic heterocycles. The third kappa shape index (κ3) is 3.61. The zero-order valence-corrected chi connectivity index (χ0v) is 11.5. The van der Waals surface area contributed by atoms with E-state index in [9.17, 15) is 14.3 Å². The van der Waals surface area contributed by atoms with Crippen LogP contribution in [0.2, 0.25) is 0 Å². The maximum absolute atomic E-state index is 13.2. The van der Waals surface area contributed by atoms with Crippen molar-refractivity contribution < 1.29 is 14.3 Å². The quantitative estimate of drug-likeness (QED) is 0.938. The molecule has 3 nitrogen and oxygen atoms in total. The van der Waals surface area contributed by atoms with Crippen molar-refractivity contribution in [3.05, 3.63) is 64.1 Å². The van der Waals surface area contributed by atoms with Crippen molar-refractivity contribution in [1.29, 1.82) is 0 Å². The number of carboxylic acid groups (broad SMARTS) is 1. The average Bonchev–Trinajstić information content (AvgIpc) is 2.35. The summed E-state index contributed by atoms with van der Waals surface area (Å²) in [7, 11) is 0. The predicted molar refractivity (Wildman–Crippen MR) is 72.4 cm³/mol. The molecule has 19 heavy (non-hydrogen) atoms. The Hall–Kier alpha value is -1.75. The molecule has 0 aliphatic rings. The van der Waals surface area contributed by atoms with E-state index in [-0.39, 0.29) is 6.42 Å². The molecule has 1 heterocycles. The van der Waals surface area contributed by atoms with E-state index in [1.807, 2.05) is 6.07 Å². The lowest BCUT2D eigenvalue weighted by Crippen LogP contribution is -2.14. The van der Waals surface area contributed by atoms with Crippen LogP contribution in [0, 0.1) is 5.82 Å². The van der Waals surface area contributed by atoms with Crippen molar-refractivity contribution in [3.8, 4) is 0 Å². The molecule has 1 aromatic carbocycles. The number of hydrogen-bond donors (Lipinski definition) is 1. The summed E-state index contributed by atoms with van der Waals surface area (Å²) < 4.78 is 14.0. The van der Waals surface area contributed by atoms with Crippen LogP contribution in [0.1, 0.15) is 17.0 Å². The number of halogens is 2. The number of carbonyl (C=O) groups is 1. The minimum atomic E-state index is -0.981. The van der Waals surface area contributed by atoms with Crippen LogP contribution in [0.3, 0.4) is 0 Å². The number of carboxylic acids is 1. The van der Waals surface area contributed by atoms with Crippen molar-refractivity contribution in [2.75, 3.05) is 0 Å². The second kappa shape index (κ2) is 5.93. The molecule has 0 aliphatic carbocycles. The summed E-state index contributed by atoms with van der Waals surface area (Å²) in [6.07, 6.45) is 3.51. The molecular formula is C14H11BrFNO2. The molecule has 0 saturated heterocycles. The van der Waals surface area contributed by atoms with Gasteiger partial charge in [-0.3, -0.25) is 9.78 Å². The van der Waals surface area contributed by atoms with Crippen LogP contribution in [0.15, 0.2) is 47.2 Å². The lowest BCUT2D eigenvalue weighted by molar-refractivity contribution is -0.138. The summed E-state index contributed by atoms with van der Waals surface area (Å²) in [4.78, 5) is 15.3. The summed E-state index contributed by atoms with van der Waals surface area (Å²) in [6.45, 7) is 0. The number of pyridine rings is 1. The number of aliphatic carboxylic acids is 1. The number of benzene rings is 1. The van der Waals surface area contributed by atoms with Gasteiger partial charge in [-0.05, 0) is 51.7 Å². The van der Waals surface area contributed by atoms with Gasteiger partial charge < -0.3 is 5.11 Å². The normalized spacial score (nSPS) is 12.1. The van der Waals surface area contributed by atoms with Crippen LogP contribution < -0.4 is 0 Å². The number of nitrogens with zero attached hydrogens (tertiary/aromatic N) is 1. The molecule has 1 unspecified atom stereocenters. The highest BCUT2D eigenvalue weighted by Crippen LogP contribution is 2.23. The minimum Gasteiger partial charge on any atom is -0.481 e. The highest BCUT2D eigenvalue weighted by Gasteiger charge is 2.21. The number of hydrogen-bond acceptors (Lipinski definition) is 2. The van der Waals surface area contributed by atoms with Gasteiger partial charge in [-0.1, -0.05) is 12.1 Å². The Balaban J connectivity index is 2.29. The van der Waals surface area contributed by atoms with Crippen LogP contribution in [-0.2, 0) is 11.2 Å². The van der Waals surface area contributed by atoms with Crippen LogP contribution >= 0.6 is 15.9 Å². The molecule has 0 amide bonds. The Morgan fingerprint density at radius 3 is 2.79 bits per heavy atom. The Kier molecular flexibility index (Phi) is 4.27. The average molecular weight is 324 g/mol. The summed E-state index contributed by atoms with van der Waals surface area (Å²) in [5.74, 6) is -2.20. The Morgan fingerprint density at radius 1 is 1.37 bits per heavy atom. The Bertz CT molecular complexity index is 604. The summed E-state index contributed by atoms with van der Waals surface area (Å²) in [5.41, 5.74) is 1.23. The van der Waals surface area contributed by atoms with E-state index in [1.165, 1.54) is 18.2 Å². The van der Waals surface area contributed by atoms with Gasteiger partial charge in [0.1, 0.15) is 5.82 Å². The Morgan fingerprint density at radius 2 is 2.16 bits per heavy atom. The molecule has 2 rings (SSSR count). The van der Waals surface area contributed by atoms with Gasteiger partial charge in [0.05, 0.1) is 5.92 Å². The first-order valence-corrected chi connectivity index (χ1v) is 6.43. The first-order valence-electron chi connectivity index (χ1n) is 5.64. The fourth-order valence-electron chi connectivity index (χ4n) is 1.87. The third-order valence-corrected chi connectivity index (χ3v) is 3.18. The SMILES string of the molecule is O=C(O)C(Cc1cncc(Br)c1)c1cccc(F)c1. The van der Waals surface area contributed by atoms with E-state index >= 15 is 0 Å². The highest BCUT2D eigenvalue weighted by atomic mass is 79.9. The molecule has 0 spiro atoms. The fraction of sp³-hybridized carbons (Fsp3) is 0.143. The predicted octanol–water partition coefficient (Wildman–Crippen LogP) is 3.39. The van der Waals surface area contributed by atoms with Crippen molar-refractivity contribution >= 4 is 21.9 Å². The molecule has 5 heteroatoms. The zero-order chi connectivity index (χ0) is 13.8. The van der Waals surface area contributed by atoms with Crippen LogP contribution in [0.25, 0.3) is 0 Å². The molecule has 0 radical (unpaired) electrons. The smallest absolute Gasteiger partial charge is 0.311 e. The summed E-state index contributed by atoms with van der Waals surface area (Å²) in [5, 5.41) is 9.29.